The van der Waals surface area contributed by atoms with Crippen molar-refractivity contribution in [3.05, 3.63) is 24.3 Å². The van der Waals surface area contributed by atoms with Crippen LogP contribution in [0.25, 0.3) is 0 Å². The Kier molecular flexibility index (Phi) is 3.25. The molecule has 0 saturated carbocycles. The Morgan fingerprint density at radius 1 is 1.11 bits per heavy atom. The molecule has 1 rings (SSSR count). The van der Waals surface area contributed by atoms with E-state index in [1.807, 2.05) is 0 Å². The van der Waals surface area contributed by atoms with Crippen LogP contribution in [0.3, 0.4) is 0 Å². The van der Waals surface area contributed by atoms with Crippen molar-refractivity contribution in [1.82, 2.24) is 0 Å². The van der Waals surface area contributed by atoms with Crippen LogP contribution in [-0.2, 0) is 19.5 Å². The monoisotopic (exact) mass is 212 g/mol. The molecule has 51 valence electrons. The van der Waals surface area contributed by atoms with Crippen molar-refractivity contribution in [2.45, 2.75) is 0 Å². The fourth-order valence-corrected chi connectivity index (χ4v) is 0.445. The van der Waals surface area contributed by atoms with Crippen molar-refractivity contribution >= 4 is 0 Å². The molecule has 0 unspecified atom stereocenters. The number of hydrogen-bond donors (Lipinski definition) is 2. The Balaban J connectivity index is 0.000000640. The number of rotatable bonds is 0. The van der Waals surface area contributed by atoms with Crippen LogP contribution in [0, 0.1) is 6.07 Å². The molecule has 2 nitrogen and oxygen atoms in total. The van der Waals surface area contributed by atoms with E-state index in [2.05, 4.69) is 6.07 Å². The molecule has 0 atom stereocenters. The predicted octanol–water partition coefficient (Wildman–Crippen LogP) is 0.895. The maximum Gasteiger partial charge on any atom is 0.00751 e. The van der Waals surface area contributed by atoms with Gasteiger partial charge in [0.25, 0.3) is 0 Å². The van der Waals surface area contributed by atoms with Crippen molar-refractivity contribution in [2.24, 2.45) is 0 Å². The topological polar surface area (TPSA) is 40.5 Å². The van der Waals surface area contributed by atoms with E-state index in [9.17, 15) is 0 Å². The molecule has 9 heavy (non-hydrogen) atoms. The Bertz CT molecular complexity index is 171. The van der Waals surface area contributed by atoms with Crippen molar-refractivity contribution < 1.29 is 29.7 Å². The van der Waals surface area contributed by atoms with Crippen LogP contribution < -0.4 is 0 Å². The van der Waals surface area contributed by atoms with Gasteiger partial charge in [0.05, 0.1) is 0 Å². The molecule has 1 aromatic rings. The molecule has 0 aliphatic carbocycles. The molecule has 0 spiro atoms. The molecule has 0 amide bonds. The summed E-state index contributed by atoms with van der Waals surface area (Å²) < 4.78 is 0. The number of hydrogen-bond acceptors (Lipinski definition) is 2. The molecule has 1 aromatic carbocycles. The van der Waals surface area contributed by atoms with Gasteiger partial charge >= 0.3 is 0 Å². The summed E-state index contributed by atoms with van der Waals surface area (Å²) in [5.74, 6) is -0.0741. The van der Waals surface area contributed by atoms with Gasteiger partial charge in [0, 0.05) is 31.0 Å². The molecular formula is C6H5O2Rh-. The van der Waals surface area contributed by atoms with Gasteiger partial charge in [0.2, 0.25) is 0 Å². The van der Waals surface area contributed by atoms with Crippen LogP contribution >= 0.6 is 0 Å². The van der Waals surface area contributed by atoms with Crippen LogP contribution in [-0.4, -0.2) is 10.2 Å². The molecule has 0 fully saturated rings. The molecule has 0 saturated heterocycles. The molecule has 3 heteroatoms. The van der Waals surface area contributed by atoms with E-state index in [0.717, 1.165) is 0 Å². The second-order valence-electron chi connectivity index (χ2n) is 1.42. The third-order valence-corrected chi connectivity index (χ3v) is 0.764. The van der Waals surface area contributed by atoms with E-state index in [4.69, 9.17) is 10.2 Å². The molecule has 0 aromatic heterocycles. The molecule has 1 radical (unpaired) electrons. The fourth-order valence-electron chi connectivity index (χ4n) is 0.445. The second-order valence-corrected chi connectivity index (χ2v) is 1.42. The Labute approximate surface area is 65.9 Å². The summed E-state index contributed by atoms with van der Waals surface area (Å²) >= 11 is 0. The quantitative estimate of drug-likeness (QED) is 0.495. The first-order valence-corrected chi connectivity index (χ1v) is 2.19. The summed E-state index contributed by atoms with van der Waals surface area (Å²) in [7, 11) is 0. The van der Waals surface area contributed by atoms with Gasteiger partial charge in [-0.15, -0.1) is 12.1 Å². The maximum absolute atomic E-state index is 8.60. The predicted molar refractivity (Wildman–Crippen MR) is 28.6 cm³/mol. The third-order valence-electron chi connectivity index (χ3n) is 0.764. The third kappa shape index (κ3) is 2.47. The van der Waals surface area contributed by atoms with Gasteiger partial charge < -0.3 is 10.2 Å². The minimum atomic E-state index is -0.0370. The summed E-state index contributed by atoms with van der Waals surface area (Å²) in [5.41, 5.74) is 0. The minimum absolute atomic E-state index is 0. The maximum atomic E-state index is 8.60. The van der Waals surface area contributed by atoms with Crippen LogP contribution in [0.1, 0.15) is 0 Å². The molecular weight excluding hydrogens is 207 g/mol. The SMILES string of the molecule is Oc1[c-]c(O)ccc1.[Rh]. The van der Waals surface area contributed by atoms with Crippen molar-refractivity contribution in [2.75, 3.05) is 0 Å². The average Bonchev–Trinajstić information content (AvgIpc) is 1.64. The van der Waals surface area contributed by atoms with E-state index < -0.39 is 0 Å². The van der Waals surface area contributed by atoms with Crippen LogP contribution in [0.2, 0.25) is 0 Å². The summed E-state index contributed by atoms with van der Waals surface area (Å²) in [6.45, 7) is 0. The van der Waals surface area contributed by atoms with Gasteiger partial charge in [0.15, 0.2) is 0 Å². The van der Waals surface area contributed by atoms with Crippen molar-refractivity contribution in [1.29, 1.82) is 0 Å². The zero-order valence-electron chi connectivity index (χ0n) is 4.46. The normalized spacial score (nSPS) is 8.00. The minimum Gasteiger partial charge on any atom is -0.534 e. The first-order valence-electron chi connectivity index (χ1n) is 2.19. The van der Waals surface area contributed by atoms with Crippen LogP contribution in [0.15, 0.2) is 18.2 Å². The zero-order valence-corrected chi connectivity index (χ0v) is 6.10. The smallest absolute Gasteiger partial charge is 0.00751 e. The largest absolute Gasteiger partial charge is 0.534 e. The molecule has 0 aliphatic rings. The van der Waals surface area contributed by atoms with E-state index in [0.29, 0.717) is 0 Å². The summed E-state index contributed by atoms with van der Waals surface area (Å²) in [6, 6.07) is 6.71. The van der Waals surface area contributed by atoms with Gasteiger partial charge in [-0.25, -0.2) is 0 Å². The zero-order chi connectivity index (χ0) is 5.98. The second kappa shape index (κ2) is 3.47. The van der Waals surface area contributed by atoms with Gasteiger partial charge in [-0.05, 0) is 0 Å². The van der Waals surface area contributed by atoms with Crippen molar-refractivity contribution in [3.8, 4) is 11.5 Å². The Morgan fingerprint density at radius 2 is 1.56 bits per heavy atom. The Hall–Kier alpha value is -0.557. The van der Waals surface area contributed by atoms with Crippen LogP contribution in [0.5, 0.6) is 11.5 Å². The Morgan fingerprint density at radius 3 is 1.78 bits per heavy atom. The van der Waals surface area contributed by atoms with Gasteiger partial charge in [-0.3, -0.25) is 0 Å². The standard InChI is InChI=1S/C6H5O2.Rh/c7-5-2-1-3-6(8)4-5;/h1-3,7-8H;/q-1;. The molecule has 0 bridgehead atoms. The van der Waals surface area contributed by atoms with E-state index >= 15 is 0 Å². The van der Waals surface area contributed by atoms with Gasteiger partial charge in [-0.2, -0.15) is 6.07 Å². The molecule has 0 heterocycles. The number of phenolic OH excluding ortho intramolecular Hbond substituents is 2. The molecule has 0 aliphatic heterocycles. The van der Waals surface area contributed by atoms with Gasteiger partial charge in [-0.1, -0.05) is 6.07 Å². The number of phenols is 2. The fraction of sp³-hybridized carbons (Fsp3) is 0. The first kappa shape index (κ1) is 8.44. The summed E-state index contributed by atoms with van der Waals surface area (Å²) in [4.78, 5) is 0. The van der Waals surface area contributed by atoms with Crippen molar-refractivity contribution in [3.63, 3.8) is 0 Å². The first-order chi connectivity index (χ1) is 3.79. The van der Waals surface area contributed by atoms with Crippen LogP contribution in [0.4, 0.5) is 0 Å². The van der Waals surface area contributed by atoms with E-state index in [-0.39, 0.29) is 31.0 Å². The van der Waals surface area contributed by atoms with Gasteiger partial charge in [0.1, 0.15) is 0 Å². The average molecular weight is 212 g/mol. The summed E-state index contributed by atoms with van der Waals surface area (Å²) in [6.07, 6.45) is 0. The van der Waals surface area contributed by atoms with E-state index in [1.54, 1.807) is 6.07 Å². The number of aromatic hydroxyl groups is 2. The molecule has 2 N–H and O–H groups in total. The number of benzene rings is 1. The van der Waals surface area contributed by atoms with E-state index in [1.165, 1.54) is 12.1 Å². The summed E-state index contributed by atoms with van der Waals surface area (Å²) in [5, 5.41) is 17.2.